The summed E-state index contributed by atoms with van der Waals surface area (Å²) >= 11 is 0.513. The van der Waals surface area contributed by atoms with Gasteiger partial charge in [0.05, 0.1) is 5.75 Å². The Bertz CT molecular complexity index is 220. The Morgan fingerprint density at radius 2 is 2.15 bits per heavy atom. The highest BCUT2D eigenvalue weighted by Crippen LogP contribution is 2.22. The lowest BCUT2D eigenvalue weighted by Crippen LogP contribution is -2.12. The van der Waals surface area contributed by atoms with Crippen LogP contribution in [0.25, 0.3) is 0 Å². The Kier molecular flexibility index (Phi) is 5.45. The zero-order valence-electron chi connectivity index (χ0n) is 7.01. The van der Waals surface area contributed by atoms with Crippen molar-refractivity contribution in [3.05, 3.63) is 12.3 Å². The highest BCUT2D eigenvalue weighted by molar-refractivity contribution is 8.13. The molecule has 0 heterocycles. The summed E-state index contributed by atoms with van der Waals surface area (Å²) in [5.41, 5.74) is 0. The van der Waals surface area contributed by atoms with Crippen molar-refractivity contribution in [2.75, 3.05) is 5.75 Å². The second kappa shape index (κ2) is 5.80. The number of hydrogen-bond donors (Lipinski definition) is 0. The third kappa shape index (κ3) is 7.58. The molecule has 74 valence electrons. The Morgan fingerprint density at radius 1 is 1.54 bits per heavy atom. The van der Waals surface area contributed by atoms with Crippen LogP contribution in [0.15, 0.2) is 22.3 Å². The van der Waals surface area contributed by atoms with E-state index in [1.807, 2.05) is 0 Å². The fraction of sp³-hybridized carbons (Fsp3) is 0.429. The van der Waals surface area contributed by atoms with Crippen molar-refractivity contribution >= 4 is 23.6 Å². The summed E-state index contributed by atoms with van der Waals surface area (Å²) in [6.45, 7) is 4.82. The van der Waals surface area contributed by atoms with Crippen LogP contribution in [0.3, 0.4) is 0 Å². The van der Waals surface area contributed by atoms with E-state index in [-0.39, 0.29) is 5.17 Å². The molecule has 0 atom stereocenters. The molecule has 0 bridgehead atoms. The molecule has 0 aromatic heterocycles. The molecule has 0 amide bonds. The van der Waals surface area contributed by atoms with Gasteiger partial charge in [-0.05, 0) is 13.6 Å². The average molecular weight is 210 g/mol. The minimum absolute atomic E-state index is 0.0235. The number of allylic oxidation sites excluding steroid dienone is 1. The van der Waals surface area contributed by atoms with Gasteiger partial charge < -0.3 is 0 Å². The SMILES string of the molecule is C=NC(=N/C=C\C)SCC(F)(F)F. The third-order valence-corrected chi connectivity index (χ3v) is 1.80. The van der Waals surface area contributed by atoms with Gasteiger partial charge in [0.25, 0.3) is 0 Å². The van der Waals surface area contributed by atoms with Gasteiger partial charge in [-0.2, -0.15) is 13.2 Å². The molecule has 6 heteroatoms. The number of aliphatic imine (C=N–C) groups is 2. The van der Waals surface area contributed by atoms with Crippen molar-refractivity contribution in [1.82, 2.24) is 0 Å². The molecule has 2 nitrogen and oxygen atoms in total. The van der Waals surface area contributed by atoms with E-state index in [9.17, 15) is 13.2 Å². The molecular weight excluding hydrogens is 201 g/mol. The van der Waals surface area contributed by atoms with Crippen LogP contribution in [0, 0.1) is 0 Å². The van der Waals surface area contributed by atoms with Crippen LogP contribution in [0.5, 0.6) is 0 Å². The second-order valence-electron chi connectivity index (χ2n) is 1.96. The summed E-state index contributed by atoms with van der Waals surface area (Å²) in [5.74, 6) is -0.998. The van der Waals surface area contributed by atoms with Crippen LogP contribution in [0.4, 0.5) is 13.2 Å². The first-order valence-corrected chi connectivity index (χ1v) is 4.33. The van der Waals surface area contributed by atoms with Gasteiger partial charge in [0, 0.05) is 6.20 Å². The molecule has 0 unspecified atom stereocenters. The zero-order valence-corrected chi connectivity index (χ0v) is 7.82. The van der Waals surface area contributed by atoms with Gasteiger partial charge >= 0.3 is 6.18 Å². The summed E-state index contributed by atoms with van der Waals surface area (Å²) in [6, 6.07) is 0. The molecule has 0 rings (SSSR count). The van der Waals surface area contributed by atoms with Crippen molar-refractivity contribution < 1.29 is 13.2 Å². The fourth-order valence-corrected chi connectivity index (χ4v) is 0.928. The molecule has 0 spiro atoms. The topological polar surface area (TPSA) is 24.7 Å². The van der Waals surface area contributed by atoms with E-state index in [4.69, 9.17) is 0 Å². The van der Waals surface area contributed by atoms with Crippen LogP contribution >= 0.6 is 11.8 Å². The maximum atomic E-state index is 11.7. The fourth-order valence-electron chi connectivity index (χ4n) is 0.408. The number of amidine groups is 1. The lowest BCUT2D eigenvalue weighted by molar-refractivity contribution is -0.105. The molecule has 13 heavy (non-hydrogen) atoms. The maximum absolute atomic E-state index is 11.7. The first-order chi connectivity index (χ1) is 5.99. The molecule has 0 aliphatic carbocycles. The third-order valence-electron chi connectivity index (χ3n) is 0.834. The Balaban J connectivity index is 4.07. The van der Waals surface area contributed by atoms with Gasteiger partial charge in [0.1, 0.15) is 0 Å². The average Bonchev–Trinajstić information content (AvgIpc) is 2.03. The molecule has 0 radical (unpaired) electrons. The van der Waals surface area contributed by atoms with Gasteiger partial charge in [0.2, 0.25) is 0 Å². The van der Waals surface area contributed by atoms with E-state index in [1.54, 1.807) is 13.0 Å². The Hall–Kier alpha value is -0.780. The number of alkyl halides is 3. The summed E-state index contributed by atoms with van der Waals surface area (Å²) in [7, 11) is 0. The predicted octanol–water partition coefficient (Wildman–Crippen LogP) is 2.87. The molecule has 0 aromatic carbocycles. The largest absolute Gasteiger partial charge is 0.398 e. The lowest BCUT2D eigenvalue weighted by atomic mass is 10.7. The number of thioether (sulfide) groups is 1. The van der Waals surface area contributed by atoms with E-state index in [2.05, 4.69) is 16.7 Å². The van der Waals surface area contributed by atoms with Crippen molar-refractivity contribution in [1.29, 1.82) is 0 Å². The van der Waals surface area contributed by atoms with E-state index in [1.165, 1.54) is 6.20 Å². The lowest BCUT2D eigenvalue weighted by Gasteiger charge is -2.03. The van der Waals surface area contributed by atoms with Gasteiger partial charge in [-0.1, -0.05) is 17.8 Å². The van der Waals surface area contributed by atoms with Crippen molar-refractivity contribution in [3.8, 4) is 0 Å². The number of nitrogens with zero attached hydrogens (tertiary/aromatic N) is 2. The monoisotopic (exact) mass is 210 g/mol. The zero-order chi connectivity index (χ0) is 10.3. The number of hydrogen-bond acceptors (Lipinski definition) is 2. The van der Waals surface area contributed by atoms with Crippen LogP contribution in [0.2, 0.25) is 0 Å². The highest BCUT2D eigenvalue weighted by atomic mass is 32.2. The van der Waals surface area contributed by atoms with Crippen molar-refractivity contribution in [3.63, 3.8) is 0 Å². The highest BCUT2D eigenvalue weighted by Gasteiger charge is 2.27. The minimum atomic E-state index is -4.20. The van der Waals surface area contributed by atoms with Crippen molar-refractivity contribution in [2.45, 2.75) is 13.1 Å². The van der Waals surface area contributed by atoms with Gasteiger partial charge in [-0.3, -0.25) is 0 Å². The molecule has 0 saturated heterocycles. The van der Waals surface area contributed by atoms with Gasteiger partial charge in [-0.15, -0.1) is 0 Å². The van der Waals surface area contributed by atoms with Crippen LogP contribution in [0.1, 0.15) is 6.92 Å². The number of halogens is 3. The van der Waals surface area contributed by atoms with Gasteiger partial charge in [0.15, 0.2) is 5.17 Å². The standard InChI is InChI=1S/C7H9F3N2S/c1-3-4-12-6(11-2)13-5-7(8,9)10/h3-4H,2,5H2,1H3/b4-3-,12-6?. The molecule has 0 fully saturated rings. The molecule has 0 aromatic rings. The van der Waals surface area contributed by atoms with E-state index in [0.29, 0.717) is 11.8 Å². The first kappa shape index (κ1) is 12.2. The molecular formula is C7H9F3N2S. The summed E-state index contributed by atoms with van der Waals surface area (Å²) < 4.78 is 35.2. The minimum Gasteiger partial charge on any atom is -0.239 e. The predicted molar refractivity (Wildman–Crippen MR) is 50.3 cm³/mol. The van der Waals surface area contributed by atoms with Gasteiger partial charge in [-0.25, -0.2) is 9.98 Å². The van der Waals surface area contributed by atoms with E-state index in [0.717, 1.165) is 0 Å². The molecule has 0 aliphatic heterocycles. The van der Waals surface area contributed by atoms with Crippen molar-refractivity contribution in [2.24, 2.45) is 9.98 Å². The normalized spacial score (nSPS) is 13.7. The summed E-state index contributed by atoms with van der Waals surface area (Å²) in [5, 5.41) is 0.0235. The van der Waals surface area contributed by atoms with Crippen LogP contribution in [-0.2, 0) is 0 Å². The molecule has 0 N–H and O–H groups in total. The smallest absolute Gasteiger partial charge is 0.239 e. The quantitative estimate of drug-likeness (QED) is 0.508. The summed E-state index contributed by atoms with van der Waals surface area (Å²) in [4.78, 5) is 6.97. The first-order valence-electron chi connectivity index (χ1n) is 3.35. The van der Waals surface area contributed by atoms with E-state index >= 15 is 0 Å². The van der Waals surface area contributed by atoms with Crippen LogP contribution < -0.4 is 0 Å². The maximum Gasteiger partial charge on any atom is 0.398 e. The van der Waals surface area contributed by atoms with Crippen LogP contribution in [-0.4, -0.2) is 23.8 Å². The molecule has 0 saturated carbocycles. The second-order valence-corrected chi connectivity index (χ2v) is 2.90. The Morgan fingerprint density at radius 3 is 2.54 bits per heavy atom. The summed E-state index contributed by atoms with van der Waals surface area (Å²) in [6.07, 6.45) is -1.24. The number of rotatable bonds is 2. The Labute approximate surface area is 78.6 Å². The molecule has 0 aliphatic rings. The van der Waals surface area contributed by atoms with E-state index < -0.39 is 11.9 Å².